The molecule has 0 aromatic heterocycles. The predicted molar refractivity (Wildman–Crippen MR) is 81.1 cm³/mol. The first-order valence-corrected chi connectivity index (χ1v) is 8.87. The second kappa shape index (κ2) is 5.59. The third kappa shape index (κ3) is 3.87. The molecular formula is C14H24N2O5S. The smallest absolute Gasteiger partial charge is 0.254 e. The van der Waals surface area contributed by atoms with E-state index in [4.69, 9.17) is 4.74 Å². The molecule has 0 bridgehead atoms. The summed E-state index contributed by atoms with van der Waals surface area (Å²) in [5, 5.41) is 12.2. The van der Waals surface area contributed by atoms with Gasteiger partial charge in [0.2, 0.25) is 16.4 Å². The van der Waals surface area contributed by atoms with E-state index in [-0.39, 0.29) is 5.92 Å². The van der Waals surface area contributed by atoms with E-state index in [1.54, 1.807) is 26.8 Å². The first-order valence-electron chi connectivity index (χ1n) is 7.32. The molecular weight excluding hydrogens is 308 g/mol. The van der Waals surface area contributed by atoms with E-state index in [0.29, 0.717) is 19.3 Å². The molecule has 2 saturated carbocycles. The summed E-state index contributed by atoms with van der Waals surface area (Å²) < 4.78 is 31.3. The summed E-state index contributed by atoms with van der Waals surface area (Å²) in [6.45, 7) is 8.93. The predicted octanol–water partition coefficient (Wildman–Crippen LogP) is 0.220. The van der Waals surface area contributed by atoms with E-state index in [9.17, 15) is 18.3 Å². The standard InChI is InChI=1S/C14H24N2O5S/c1-5-9-8-14(9,15-12(18)21-13(2,3)4)11(17)16-22(19,20)10-6-7-10/h5,9-10,12,15,18H,1,6-8H2,2-4H3,(H,16,17)/t9-,12?,14-/m1/s1. The zero-order chi connectivity index (χ0) is 16.8. The van der Waals surface area contributed by atoms with Crippen molar-refractivity contribution in [2.45, 2.75) is 62.8 Å². The normalized spacial score (nSPS) is 29.7. The quantitative estimate of drug-likeness (QED) is 0.455. The van der Waals surface area contributed by atoms with Gasteiger partial charge in [-0.15, -0.1) is 6.58 Å². The number of ether oxygens (including phenoxy) is 1. The number of hydrogen-bond acceptors (Lipinski definition) is 6. The second-order valence-corrected chi connectivity index (χ2v) is 8.88. The Morgan fingerprint density at radius 2 is 2.05 bits per heavy atom. The van der Waals surface area contributed by atoms with Crippen LogP contribution in [0.2, 0.25) is 0 Å². The summed E-state index contributed by atoms with van der Waals surface area (Å²) in [6, 6.07) is 0. The summed E-state index contributed by atoms with van der Waals surface area (Å²) in [7, 11) is -3.63. The van der Waals surface area contributed by atoms with Crippen LogP contribution in [0, 0.1) is 5.92 Å². The van der Waals surface area contributed by atoms with Crippen molar-refractivity contribution in [2.75, 3.05) is 0 Å². The van der Waals surface area contributed by atoms with Crippen LogP contribution in [0.15, 0.2) is 12.7 Å². The third-order valence-electron chi connectivity index (χ3n) is 3.75. The molecule has 0 aromatic rings. The Hall–Kier alpha value is -0.960. The van der Waals surface area contributed by atoms with E-state index < -0.39 is 38.7 Å². The Kier molecular flexibility index (Phi) is 4.42. The highest BCUT2D eigenvalue weighted by Crippen LogP contribution is 2.45. The van der Waals surface area contributed by atoms with Crippen molar-refractivity contribution in [3.63, 3.8) is 0 Å². The summed E-state index contributed by atoms with van der Waals surface area (Å²) >= 11 is 0. The van der Waals surface area contributed by atoms with Crippen LogP contribution in [0.1, 0.15) is 40.0 Å². The maximum Gasteiger partial charge on any atom is 0.254 e. The number of rotatable bonds is 7. The van der Waals surface area contributed by atoms with Crippen molar-refractivity contribution in [2.24, 2.45) is 5.92 Å². The fraction of sp³-hybridized carbons (Fsp3) is 0.786. The monoisotopic (exact) mass is 332 g/mol. The van der Waals surface area contributed by atoms with Crippen molar-refractivity contribution in [3.8, 4) is 0 Å². The van der Waals surface area contributed by atoms with Crippen molar-refractivity contribution in [1.82, 2.24) is 10.0 Å². The third-order valence-corrected chi connectivity index (χ3v) is 5.57. The largest absolute Gasteiger partial charge is 0.356 e. The van der Waals surface area contributed by atoms with Gasteiger partial charge in [0, 0.05) is 5.92 Å². The van der Waals surface area contributed by atoms with Gasteiger partial charge in [0.25, 0.3) is 5.91 Å². The SMILES string of the molecule is C=C[C@@H]1C[C@]1(NC(O)OC(C)(C)C)C(=O)NS(=O)(=O)C1CC1. The van der Waals surface area contributed by atoms with Crippen LogP contribution in [-0.2, 0) is 19.6 Å². The molecule has 1 unspecified atom stereocenters. The average molecular weight is 332 g/mol. The molecule has 3 N–H and O–H groups in total. The molecule has 2 rings (SSSR count). The molecule has 22 heavy (non-hydrogen) atoms. The maximum absolute atomic E-state index is 12.4. The highest BCUT2D eigenvalue weighted by atomic mass is 32.2. The molecule has 3 atom stereocenters. The summed E-state index contributed by atoms with van der Waals surface area (Å²) in [5.41, 5.74) is -1.79. The van der Waals surface area contributed by atoms with Gasteiger partial charge in [-0.3, -0.25) is 14.8 Å². The topological polar surface area (TPSA) is 105 Å². The Labute approximate surface area is 131 Å². The zero-order valence-corrected chi connectivity index (χ0v) is 13.9. The Morgan fingerprint density at radius 3 is 2.45 bits per heavy atom. The molecule has 8 heteroatoms. The molecule has 126 valence electrons. The lowest BCUT2D eigenvalue weighted by Gasteiger charge is -2.28. The minimum atomic E-state index is -3.63. The Balaban J connectivity index is 2.05. The number of hydrogen-bond donors (Lipinski definition) is 3. The van der Waals surface area contributed by atoms with Gasteiger partial charge in [-0.25, -0.2) is 8.42 Å². The van der Waals surface area contributed by atoms with Gasteiger partial charge in [-0.05, 0) is 40.0 Å². The summed E-state index contributed by atoms with van der Waals surface area (Å²) in [4.78, 5) is 12.4. The Morgan fingerprint density at radius 1 is 1.45 bits per heavy atom. The van der Waals surface area contributed by atoms with E-state index in [1.165, 1.54) is 0 Å². The van der Waals surface area contributed by atoms with E-state index in [2.05, 4.69) is 16.6 Å². The molecule has 0 aliphatic heterocycles. The molecule has 0 aromatic carbocycles. The fourth-order valence-corrected chi connectivity index (χ4v) is 3.70. The average Bonchev–Trinajstić information content (AvgIpc) is 3.20. The molecule has 7 nitrogen and oxygen atoms in total. The number of aliphatic hydroxyl groups is 1. The van der Waals surface area contributed by atoms with Gasteiger partial charge >= 0.3 is 0 Å². The van der Waals surface area contributed by atoms with Crippen molar-refractivity contribution in [3.05, 3.63) is 12.7 Å². The highest BCUT2D eigenvalue weighted by Gasteiger charge is 2.60. The van der Waals surface area contributed by atoms with Crippen LogP contribution >= 0.6 is 0 Å². The van der Waals surface area contributed by atoms with Crippen LogP contribution in [0.25, 0.3) is 0 Å². The lowest BCUT2D eigenvalue weighted by molar-refractivity contribution is -0.188. The van der Waals surface area contributed by atoms with Gasteiger partial charge in [0.05, 0.1) is 10.9 Å². The fourth-order valence-electron chi connectivity index (χ4n) is 2.33. The minimum Gasteiger partial charge on any atom is -0.356 e. The first kappa shape index (κ1) is 17.4. The van der Waals surface area contributed by atoms with Crippen LogP contribution in [0.5, 0.6) is 0 Å². The number of carbonyl (C=O) groups is 1. The molecule has 0 radical (unpaired) electrons. The lowest BCUT2D eigenvalue weighted by atomic mass is 10.2. The van der Waals surface area contributed by atoms with E-state index in [0.717, 1.165) is 0 Å². The van der Waals surface area contributed by atoms with Crippen molar-refractivity contribution in [1.29, 1.82) is 0 Å². The lowest BCUT2D eigenvalue weighted by Crippen LogP contribution is -2.55. The summed E-state index contributed by atoms with van der Waals surface area (Å²) in [5.74, 6) is -0.916. The molecule has 2 aliphatic rings. The van der Waals surface area contributed by atoms with E-state index in [1.807, 2.05) is 0 Å². The van der Waals surface area contributed by atoms with Gasteiger partial charge in [0.1, 0.15) is 5.54 Å². The Bertz CT molecular complexity index is 564. The summed E-state index contributed by atoms with van der Waals surface area (Å²) in [6.07, 6.45) is 1.71. The van der Waals surface area contributed by atoms with Crippen LogP contribution < -0.4 is 10.0 Å². The van der Waals surface area contributed by atoms with Crippen molar-refractivity contribution < 1.29 is 23.1 Å². The van der Waals surface area contributed by atoms with Gasteiger partial charge in [0.15, 0.2) is 0 Å². The minimum absolute atomic E-state index is 0.250. The molecule has 0 heterocycles. The number of sulfonamides is 1. The van der Waals surface area contributed by atoms with Crippen molar-refractivity contribution >= 4 is 15.9 Å². The van der Waals surface area contributed by atoms with Crippen LogP contribution in [0.3, 0.4) is 0 Å². The van der Waals surface area contributed by atoms with Gasteiger partial charge in [-0.2, -0.15) is 0 Å². The zero-order valence-electron chi connectivity index (χ0n) is 13.1. The van der Waals surface area contributed by atoms with Gasteiger partial charge in [-0.1, -0.05) is 6.08 Å². The van der Waals surface area contributed by atoms with Gasteiger partial charge < -0.3 is 9.84 Å². The van der Waals surface area contributed by atoms with E-state index >= 15 is 0 Å². The number of carbonyl (C=O) groups excluding carboxylic acids is 1. The van der Waals surface area contributed by atoms with Crippen LogP contribution in [-0.4, -0.2) is 42.2 Å². The molecule has 2 fully saturated rings. The molecule has 2 aliphatic carbocycles. The molecule has 1 amide bonds. The number of nitrogens with one attached hydrogen (secondary N) is 2. The molecule has 0 saturated heterocycles. The first-order chi connectivity index (χ1) is 10.00. The number of amides is 1. The molecule has 0 spiro atoms. The number of aliphatic hydroxyl groups excluding tert-OH is 1. The second-order valence-electron chi connectivity index (χ2n) is 6.92. The maximum atomic E-state index is 12.4. The van der Waals surface area contributed by atoms with Crippen LogP contribution in [0.4, 0.5) is 0 Å². The highest BCUT2D eigenvalue weighted by molar-refractivity contribution is 7.90.